The number of fused-ring (bicyclic) bond motifs is 5. The molecule has 0 atom stereocenters. The van der Waals surface area contributed by atoms with Gasteiger partial charge in [-0.05, 0) is 19.1 Å². The molecule has 25 heavy (non-hydrogen) atoms. The molecule has 1 amide bonds. The summed E-state index contributed by atoms with van der Waals surface area (Å²) in [6.07, 6.45) is 0. The number of nitro benzene ring substituents is 1. The van der Waals surface area contributed by atoms with Crippen LogP contribution in [-0.2, 0) is 4.79 Å². The number of aromatic nitrogens is 2. The van der Waals surface area contributed by atoms with E-state index in [1.165, 1.54) is 19.1 Å². The predicted molar refractivity (Wildman–Crippen MR) is 95.9 cm³/mol. The molecule has 2 aromatic carbocycles. The molecule has 0 aliphatic heterocycles. The molecule has 1 N–H and O–H groups in total. The molecule has 2 heterocycles. The topological polar surface area (TPSA) is 89.5 Å². The number of hydrogen-bond acceptors (Lipinski definition) is 4. The number of amides is 1. The summed E-state index contributed by atoms with van der Waals surface area (Å²) in [6, 6.07) is 12.2. The minimum absolute atomic E-state index is 0.00571. The molecule has 0 fully saturated rings. The van der Waals surface area contributed by atoms with Gasteiger partial charge in [-0.25, -0.2) is 4.98 Å². The molecule has 0 bridgehead atoms. The van der Waals surface area contributed by atoms with E-state index in [1.54, 1.807) is 6.07 Å². The Morgan fingerprint density at radius 3 is 2.68 bits per heavy atom. The number of carbonyl (C=O) groups is 1. The average Bonchev–Trinajstić information content (AvgIpc) is 2.89. The van der Waals surface area contributed by atoms with E-state index in [2.05, 4.69) is 10.3 Å². The molecule has 7 heteroatoms. The molecule has 0 saturated heterocycles. The lowest BCUT2D eigenvalue weighted by Gasteiger charge is -2.08. The zero-order valence-electron chi connectivity index (χ0n) is 13.6. The van der Waals surface area contributed by atoms with Gasteiger partial charge in [-0.3, -0.25) is 19.3 Å². The second kappa shape index (κ2) is 5.27. The third-order valence-electron chi connectivity index (χ3n) is 4.23. The number of benzene rings is 2. The van der Waals surface area contributed by atoms with Gasteiger partial charge in [-0.15, -0.1) is 0 Å². The minimum Gasteiger partial charge on any atom is -0.324 e. The first kappa shape index (κ1) is 15.1. The van der Waals surface area contributed by atoms with Gasteiger partial charge in [0, 0.05) is 29.8 Å². The van der Waals surface area contributed by atoms with Crippen molar-refractivity contribution in [1.82, 2.24) is 9.38 Å². The Bertz CT molecular complexity index is 1190. The highest BCUT2D eigenvalue weighted by Gasteiger charge is 2.20. The van der Waals surface area contributed by atoms with E-state index in [0.717, 1.165) is 21.8 Å². The van der Waals surface area contributed by atoms with Gasteiger partial charge in [0.2, 0.25) is 5.91 Å². The standard InChI is InChI=1S/C18H14N4O3/c1-10-19-15-6-4-3-5-13(15)18-17(20-11(2)23)14-8-7-12(22(24)25)9-16(14)21(10)18/h3-9H,1-2H3,(H,20,23). The van der Waals surface area contributed by atoms with E-state index in [4.69, 9.17) is 0 Å². The number of carbonyl (C=O) groups excluding carboxylic acids is 1. The van der Waals surface area contributed by atoms with Crippen LogP contribution < -0.4 is 5.32 Å². The molecule has 0 radical (unpaired) electrons. The SMILES string of the molecule is CC(=O)Nc1c2ccc([N+](=O)[O-])cc2n2c(C)nc3ccccc3c12. The Hall–Kier alpha value is -3.48. The van der Waals surface area contributed by atoms with Crippen LogP contribution in [0.5, 0.6) is 0 Å². The Morgan fingerprint density at radius 2 is 1.96 bits per heavy atom. The second-order valence-electron chi connectivity index (χ2n) is 5.87. The van der Waals surface area contributed by atoms with Crippen LogP contribution in [0.4, 0.5) is 11.4 Å². The Kier molecular flexibility index (Phi) is 3.18. The zero-order valence-corrected chi connectivity index (χ0v) is 13.6. The number of nitrogens with one attached hydrogen (secondary N) is 1. The van der Waals surface area contributed by atoms with Crippen LogP contribution in [-0.4, -0.2) is 20.2 Å². The van der Waals surface area contributed by atoms with Crippen molar-refractivity contribution in [1.29, 1.82) is 0 Å². The first-order chi connectivity index (χ1) is 12.0. The first-order valence-corrected chi connectivity index (χ1v) is 7.73. The number of nitrogens with zero attached hydrogens (tertiary/aromatic N) is 3. The van der Waals surface area contributed by atoms with Crippen molar-refractivity contribution in [2.24, 2.45) is 0 Å². The molecule has 4 aromatic rings. The highest BCUT2D eigenvalue weighted by atomic mass is 16.6. The lowest BCUT2D eigenvalue weighted by atomic mass is 10.1. The van der Waals surface area contributed by atoms with Crippen LogP contribution in [0.25, 0.3) is 27.3 Å². The van der Waals surface area contributed by atoms with Gasteiger partial charge in [0.1, 0.15) is 5.82 Å². The van der Waals surface area contributed by atoms with Gasteiger partial charge in [0.25, 0.3) is 5.69 Å². The van der Waals surface area contributed by atoms with Gasteiger partial charge in [-0.2, -0.15) is 0 Å². The molecule has 0 spiro atoms. The maximum Gasteiger partial charge on any atom is 0.271 e. The average molecular weight is 334 g/mol. The number of hydrogen-bond donors (Lipinski definition) is 1. The summed E-state index contributed by atoms with van der Waals surface area (Å²) in [6.45, 7) is 3.28. The van der Waals surface area contributed by atoms with Crippen molar-refractivity contribution < 1.29 is 9.72 Å². The van der Waals surface area contributed by atoms with Gasteiger partial charge in [-0.1, -0.05) is 18.2 Å². The number of anilines is 1. The van der Waals surface area contributed by atoms with Gasteiger partial charge >= 0.3 is 0 Å². The molecule has 0 aliphatic rings. The monoisotopic (exact) mass is 334 g/mol. The van der Waals surface area contributed by atoms with Crippen molar-refractivity contribution in [3.05, 3.63) is 58.4 Å². The molecule has 124 valence electrons. The van der Waals surface area contributed by atoms with E-state index >= 15 is 0 Å². The highest BCUT2D eigenvalue weighted by molar-refractivity contribution is 6.16. The molecule has 4 rings (SSSR count). The van der Waals surface area contributed by atoms with Gasteiger partial charge in [0.15, 0.2) is 0 Å². The quantitative estimate of drug-likeness (QED) is 0.446. The number of nitro groups is 1. The summed E-state index contributed by atoms with van der Waals surface area (Å²) >= 11 is 0. The fraction of sp³-hybridized carbons (Fsp3) is 0.111. The van der Waals surface area contributed by atoms with Crippen LogP contribution in [0.1, 0.15) is 12.7 Å². The predicted octanol–water partition coefficient (Wildman–Crippen LogP) is 3.82. The number of aryl methyl sites for hydroxylation is 1. The lowest BCUT2D eigenvalue weighted by Crippen LogP contribution is -2.06. The molecule has 7 nitrogen and oxygen atoms in total. The van der Waals surface area contributed by atoms with Crippen LogP contribution in [0.3, 0.4) is 0 Å². The third kappa shape index (κ3) is 2.20. The first-order valence-electron chi connectivity index (χ1n) is 7.73. The van der Waals surface area contributed by atoms with Crippen molar-refractivity contribution in [2.75, 3.05) is 5.32 Å². The summed E-state index contributed by atoms with van der Waals surface area (Å²) in [7, 11) is 0. The number of non-ortho nitro benzene ring substituents is 1. The number of para-hydroxylation sites is 1. The van der Waals surface area contributed by atoms with E-state index in [-0.39, 0.29) is 11.6 Å². The molecule has 2 aromatic heterocycles. The Balaban J connectivity index is 2.27. The summed E-state index contributed by atoms with van der Waals surface area (Å²) in [5, 5.41) is 15.7. The normalized spacial score (nSPS) is 11.3. The second-order valence-corrected chi connectivity index (χ2v) is 5.87. The van der Waals surface area contributed by atoms with Crippen LogP contribution in [0, 0.1) is 17.0 Å². The van der Waals surface area contributed by atoms with Crippen LogP contribution in [0.2, 0.25) is 0 Å². The number of rotatable bonds is 2. The largest absolute Gasteiger partial charge is 0.324 e. The van der Waals surface area contributed by atoms with Crippen molar-refractivity contribution in [3.63, 3.8) is 0 Å². The Labute approximate surface area is 142 Å². The maximum atomic E-state index is 11.8. The molecule has 0 saturated carbocycles. The van der Waals surface area contributed by atoms with Crippen molar-refractivity contribution >= 4 is 44.6 Å². The maximum absolute atomic E-state index is 11.8. The smallest absolute Gasteiger partial charge is 0.271 e. The summed E-state index contributed by atoms with van der Waals surface area (Å²) < 4.78 is 1.86. The Morgan fingerprint density at radius 1 is 1.20 bits per heavy atom. The van der Waals surface area contributed by atoms with Gasteiger partial charge < -0.3 is 5.32 Å². The lowest BCUT2D eigenvalue weighted by molar-refractivity contribution is -0.384. The molecular weight excluding hydrogens is 320 g/mol. The van der Waals surface area contributed by atoms with Crippen molar-refractivity contribution in [2.45, 2.75) is 13.8 Å². The molecular formula is C18H14N4O3. The zero-order chi connectivity index (χ0) is 17.7. The van der Waals surface area contributed by atoms with E-state index in [1.807, 2.05) is 35.6 Å². The highest BCUT2D eigenvalue weighted by Crippen LogP contribution is 2.37. The van der Waals surface area contributed by atoms with Crippen LogP contribution >= 0.6 is 0 Å². The van der Waals surface area contributed by atoms with Crippen LogP contribution in [0.15, 0.2) is 42.5 Å². The van der Waals surface area contributed by atoms with Crippen molar-refractivity contribution in [3.8, 4) is 0 Å². The fourth-order valence-corrected chi connectivity index (χ4v) is 3.28. The fourth-order valence-electron chi connectivity index (χ4n) is 3.28. The van der Waals surface area contributed by atoms with E-state index in [0.29, 0.717) is 17.0 Å². The van der Waals surface area contributed by atoms with Gasteiger partial charge in [0.05, 0.1) is 27.2 Å². The molecule has 0 aliphatic carbocycles. The molecule has 0 unspecified atom stereocenters. The summed E-state index contributed by atoms with van der Waals surface area (Å²) in [5.74, 6) is 0.488. The summed E-state index contributed by atoms with van der Waals surface area (Å²) in [5.41, 5.74) is 2.86. The third-order valence-corrected chi connectivity index (χ3v) is 4.23. The summed E-state index contributed by atoms with van der Waals surface area (Å²) in [4.78, 5) is 27.1. The minimum atomic E-state index is -0.430. The van der Waals surface area contributed by atoms with E-state index in [9.17, 15) is 14.9 Å². The van der Waals surface area contributed by atoms with E-state index < -0.39 is 4.92 Å².